The maximum absolute atomic E-state index is 11.5. The van der Waals surface area contributed by atoms with Crippen molar-refractivity contribution in [2.45, 2.75) is 13.8 Å². The van der Waals surface area contributed by atoms with Crippen molar-refractivity contribution < 1.29 is 9.59 Å². The second-order valence-corrected chi connectivity index (χ2v) is 4.85. The lowest BCUT2D eigenvalue weighted by atomic mass is 10.2. The Morgan fingerprint density at radius 2 is 1.78 bits per heavy atom. The number of halogens is 2. The van der Waals surface area contributed by atoms with Gasteiger partial charge >= 0.3 is 0 Å². The second-order valence-electron chi connectivity index (χ2n) is 4.01. The van der Waals surface area contributed by atoms with Crippen LogP contribution < -0.4 is 5.32 Å². The summed E-state index contributed by atoms with van der Waals surface area (Å²) in [4.78, 5) is 22.8. The molecule has 0 saturated heterocycles. The molecule has 18 heavy (non-hydrogen) atoms. The lowest BCUT2D eigenvalue weighted by Gasteiger charge is -2.04. The van der Waals surface area contributed by atoms with Gasteiger partial charge in [-0.2, -0.15) is 0 Å². The van der Waals surface area contributed by atoms with Crippen LogP contribution in [0.5, 0.6) is 0 Å². The molecule has 0 unspecified atom stereocenters. The van der Waals surface area contributed by atoms with Crippen LogP contribution in [0.4, 0.5) is 0 Å². The topological polar surface area (TPSA) is 46.2 Å². The number of benzene rings is 1. The van der Waals surface area contributed by atoms with E-state index in [9.17, 15) is 9.59 Å². The second kappa shape index (κ2) is 6.57. The molecule has 0 radical (unpaired) electrons. The SMILES string of the molecule is CC(C)C(=O)NC(=O)/C=C(\Cl)c1ccc(Cl)cc1. The summed E-state index contributed by atoms with van der Waals surface area (Å²) in [7, 11) is 0. The molecule has 2 amide bonds. The summed E-state index contributed by atoms with van der Waals surface area (Å²) in [5.74, 6) is -1.12. The van der Waals surface area contributed by atoms with E-state index in [1.807, 2.05) is 0 Å². The van der Waals surface area contributed by atoms with Crippen molar-refractivity contribution in [1.29, 1.82) is 0 Å². The van der Waals surface area contributed by atoms with Crippen LogP contribution in [0.1, 0.15) is 19.4 Å². The summed E-state index contributed by atoms with van der Waals surface area (Å²) in [6.45, 7) is 3.40. The summed E-state index contributed by atoms with van der Waals surface area (Å²) < 4.78 is 0. The van der Waals surface area contributed by atoms with E-state index in [0.717, 1.165) is 0 Å². The predicted octanol–water partition coefficient (Wildman–Crippen LogP) is 3.22. The van der Waals surface area contributed by atoms with Gasteiger partial charge in [-0.15, -0.1) is 0 Å². The molecule has 0 aliphatic carbocycles. The molecule has 0 bridgehead atoms. The summed E-state index contributed by atoms with van der Waals surface area (Å²) in [5, 5.41) is 3.06. The highest BCUT2D eigenvalue weighted by Gasteiger charge is 2.10. The van der Waals surface area contributed by atoms with Gasteiger partial charge in [-0.05, 0) is 17.7 Å². The summed E-state index contributed by atoms with van der Waals surface area (Å²) in [6, 6.07) is 6.73. The molecule has 0 saturated carbocycles. The number of nitrogens with one attached hydrogen (secondary N) is 1. The van der Waals surface area contributed by atoms with E-state index in [4.69, 9.17) is 23.2 Å². The molecule has 1 aromatic carbocycles. The Bertz CT molecular complexity index is 478. The zero-order chi connectivity index (χ0) is 13.7. The Hall–Kier alpha value is -1.32. The minimum atomic E-state index is -0.534. The largest absolute Gasteiger partial charge is 0.293 e. The van der Waals surface area contributed by atoms with Gasteiger partial charge in [0.15, 0.2) is 0 Å². The number of hydrogen-bond donors (Lipinski definition) is 1. The number of carbonyl (C=O) groups excluding carboxylic acids is 2. The smallest absolute Gasteiger partial charge is 0.252 e. The first-order chi connectivity index (χ1) is 8.40. The Morgan fingerprint density at radius 1 is 1.22 bits per heavy atom. The molecular formula is C13H13Cl2NO2. The van der Waals surface area contributed by atoms with Crippen LogP contribution in [0.25, 0.3) is 5.03 Å². The van der Waals surface area contributed by atoms with Gasteiger partial charge in [-0.25, -0.2) is 0 Å². The van der Waals surface area contributed by atoms with Crippen molar-refractivity contribution >= 4 is 40.0 Å². The lowest BCUT2D eigenvalue weighted by molar-refractivity contribution is -0.130. The third-order valence-electron chi connectivity index (χ3n) is 2.15. The van der Waals surface area contributed by atoms with Crippen molar-refractivity contribution in [2.24, 2.45) is 5.92 Å². The first kappa shape index (κ1) is 14.7. The number of amides is 2. The van der Waals surface area contributed by atoms with Crippen molar-refractivity contribution in [3.8, 4) is 0 Å². The Labute approximate surface area is 116 Å². The molecule has 0 fully saturated rings. The summed E-state index contributed by atoms with van der Waals surface area (Å²) in [6.07, 6.45) is 1.17. The molecule has 96 valence electrons. The highest BCUT2D eigenvalue weighted by Crippen LogP contribution is 2.20. The zero-order valence-electron chi connectivity index (χ0n) is 10.0. The minimum Gasteiger partial charge on any atom is -0.293 e. The quantitative estimate of drug-likeness (QED) is 0.867. The van der Waals surface area contributed by atoms with Crippen LogP contribution in [-0.4, -0.2) is 11.8 Å². The molecule has 5 heteroatoms. The first-order valence-electron chi connectivity index (χ1n) is 5.38. The van der Waals surface area contributed by atoms with Gasteiger partial charge in [0.2, 0.25) is 5.91 Å². The number of hydrogen-bond acceptors (Lipinski definition) is 2. The molecule has 0 aliphatic heterocycles. The molecule has 1 N–H and O–H groups in total. The van der Waals surface area contributed by atoms with Gasteiger partial charge in [-0.3, -0.25) is 14.9 Å². The zero-order valence-corrected chi connectivity index (χ0v) is 11.5. The third kappa shape index (κ3) is 4.51. The summed E-state index contributed by atoms with van der Waals surface area (Å²) >= 11 is 11.7. The molecule has 0 aromatic heterocycles. The maximum atomic E-state index is 11.5. The number of imide groups is 1. The standard InChI is InChI=1S/C13H13Cl2NO2/c1-8(2)13(18)16-12(17)7-11(15)9-3-5-10(14)6-4-9/h3-8H,1-2H3,(H,16,17,18)/b11-7-. The normalized spacial score (nSPS) is 11.5. The van der Waals surface area contributed by atoms with E-state index in [2.05, 4.69) is 5.32 Å². The molecule has 0 atom stereocenters. The van der Waals surface area contributed by atoms with Gasteiger partial charge in [0.1, 0.15) is 0 Å². The van der Waals surface area contributed by atoms with Crippen molar-refractivity contribution in [1.82, 2.24) is 5.32 Å². The third-order valence-corrected chi connectivity index (χ3v) is 2.73. The average Bonchev–Trinajstić information content (AvgIpc) is 2.29. The molecule has 1 rings (SSSR count). The van der Waals surface area contributed by atoms with Gasteiger partial charge in [-0.1, -0.05) is 49.2 Å². The van der Waals surface area contributed by atoms with E-state index in [1.165, 1.54) is 6.08 Å². The highest BCUT2D eigenvalue weighted by atomic mass is 35.5. The molecular weight excluding hydrogens is 273 g/mol. The Balaban J connectivity index is 2.74. The minimum absolute atomic E-state index is 0.251. The fourth-order valence-corrected chi connectivity index (χ4v) is 1.46. The fraction of sp³-hybridized carbons (Fsp3) is 0.231. The molecule has 1 aromatic rings. The maximum Gasteiger partial charge on any atom is 0.252 e. The van der Waals surface area contributed by atoms with Gasteiger partial charge in [0.25, 0.3) is 5.91 Å². The Kier molecular flexibility index (Phi) is 5.38. The van der Waals surface area contributed by atoms with Crippen LogP contribution in [0, 0.1) is 5.92 Å². The van der Waals surface area contributed by atoms with E-state index in [-0.39, 0.29) is 16.9 Å². The molecule has 0 heterocycles. The van der Waals surface area contributed by atoms with Crippen LogP contribution in [0.2, 0.25) is 5.02 Å². The number of carbonyl (C=O) groups is 2. The van der Waals surface area contributed by atoms with Gasteiger partial charge in [0.05, 0.1) is 5.03 Å². The first-order valence-corrected chi connectivity index (χ1v) is 6.13. The monoisotopic (exact) mass is 285 g/mol. The van der Waals surface area contributed by atoms with Crippen LogP contribution in [0.3, 0.4) is 0 Å². The van der Waals surface area contributed by atoms with Gasteiger partial charge in [0, 0.05) is 17.0 Å². The Morgan fingerprint density at radius 3 is 2.28 bits per heavy atom. The van der Waals surface area contributed by atoms with E-state index in [0.29, 0.717) is 10.6 Å². The predicted molar refractivity (Wildman–Crippen MR) is 73.3 cm³/mol. The van der Waals surface area contributed by atoms with Crippen molar-refractivity contribution in [3.63, 3.8) is 0 Å². The van der Waals surface area contributed by atoms with Crippen LogP contribution in [-0.2, 0) is 9.59 Å². The average molecular weight is 286 g/mol. The number of rotatable bonds is 3. The fourth-order valence-electron chi connectivity index (χ4n) is 1.11. The van der Waals surface area contributed by atoms with E-state index in [1.54, 1.807) is 38.1 Å². The molecule has 3 nitrogen and oxygen atoms in total. The molecule has 0 spiro atoms. The van der Waals surface area contributed by atoms with Crippen molar-refractivity contribution in [2.75, 3.05) is 0 Å². The molecule has 0 aliphatic rings. The van der Waals surface area contributed by atoms with Gasteiger partial charge < -0.3 is 0 Å². The van der Waals surface area contributed by atoms with Crippen LogP contribution >= 0.6 is 23.2 Å². The van der Waals surface area contributed by atoms with E-state index >= 15 is 0 Å². The van der Waals surface area contributed by atoms with Crippen LogP contribution in [0.15, 0.2) is 30.3 Å². The lowest BCUT2D eigenvalue weighted by Crippen LogP contribution is -2.32. The van der Waals surface area contributed by atoms with Crippen molar-refractivity contribution in [3.05, 3.63) is 40.9 Å². The summed E-state index contributed by atoms with van der Waals surface area (Å²) in [5.41, 5.74) is 0.660. The highest BCUT2D eigenvalue weighted by molar-refractivity contribution is 6.50. The van der Waals surface area contributed by atoms with E-state index < -0.39 is 5.91 Å².